The summed E-state index contributed by atoms with van der Waals surface area (Å²) in [4.78, 5) is 4.76. The Kier molecular flexibility index (Phi) is 3.48. The van der Waals surface area contributed by atoms with Crippen molar-refractivity contribution in [2.24, 2.45) is 5.73 Å². The normalized spacial score (nSPS) is 21.4. The first-order valence-electron chi connectivity index (χ1n) is 6.83. The molecule has 104 valence electrons. The van der Waals surface area contributed by atoms with E-state index < -0.39 is 0 Å². The summed E-state index contributed by atoms with van der Waals surface area (Å²) in [6.07, 6.45) is 1.19. The van der Waals surface area contributed by atoms with Gasteiger partial charge in [0.1, 0.15) is 0 Å². The molecule has 0 bridgehead atoms. The van der Waals surface area contributed by atoms with Gasteiger partial charge in [0.05, 0.1) is 0 Å². The van der Waals surface area contributed by atoms with Crippen LogP contribution in [0.2, 0.25) is 0 Å². The molecule has 1 saturated heterocycles. The lowest BCUT2D eigenvalue weighted by molar-refractivity contribution is 0.174. The summed E-state index contributed by atoms with van der Waals surface area (Å²) >= 11 is 0. The molecule has 2 aliphatic heterocycles. The smallest absolute Gasteiger partial charge is 0.231 e. The molecule has 1 fully saturated rings. The van der Waals surface area contributed by atoms with Crippen molar-refractivity contribution >= 4 is 5.69 Å². The number of nitrogens with zero attached hydrogens (tertiary/aromatic N) is 2. The van der Waals surface area contributed by atoms with Crippen LogP contribution in [-0.4, -0.2) is 51.0 Å². The molecule has 5 heteroatoms. The molecule has 1 atom stereocenters. The minimum atomic E-state index is 0.334. The fourth-order valence-electron chi connectivity index (χ4n) is 2.80. The Morgan fingerprint density at radius 1 is 1.37 bits per heavy atom. The summed E-state index contributed by atoms with van der Waals surface area (Å²) < 4.78 is 10.8. The van der Waals surface area contributed by atoms with Gasteiger partial charge in [-0.05, 0) is 25.6 Å². The Morgan fingerprint density at radius 2 is 2.21 bits per heavy atom. The molecule has 2 N–H and O–H groups in total. The molecule has 3 rings (SSSR count). The molecule has 0 saturated carbocycles. The second kappa shape index (κ2) is 5.27. The standard InChI is InChI=1S/C14H21N3O2/c1-16(7-5-15)12-4-6-17(9-12)11-2-3-13-14(8-11)19-10-18-13/h2-3,8,12H,4-7,9-10,15H2,1H3. The molecule has 0 aromatic heterocycles. The first-order chi connectivity index (χ1) is 9.28. The summed E-state index contributed by atoms with van der Waals surface area (Å²) in [6, 6.07) is 6.77. The minimum absolute atomic E-state index is 0.334. The van der Waals surface area contributed by atoms with Crippen molar-refractivity contribution in [2.75, 3.05) is 44.9 Å². The SMILES string of the molecule is CN(CCN)C1CCN(c2ccc3c(c2)OCO3)C1. The van der Waals surface area contributed by atoms with Crippen molar-refractivity contribution in [1.29, 1.82) is 0 Å². The first kappa shape index (κ1) is 12.6. The number of hydrogen-bond acceptors (Lipinski definition) is 5. The molecule has 19 heavy (non-hydrogen) atoms. The van der Waals surface area contributed by atoms with E-state index >= 15 is 0 Å². The van der Waals surface area contributed by atoms with Gasteiger partial charge in [0.2, 0.25) is 6.79 Å². The molecule has 2 heterocycles. The lowest BCUT2D eigenvalue weighted by Gasteiger charge is -2.24. The highest BCUT2D eigenvalue weighted by atomic mass is 16.7. The van der Waals surface area contributed by atoms with Crippen LogP contribution >= 0.6 is 0 Å². The fourth-order valence-corrected chi connectivity index (χ4v) is 2.80. The molecule has 1 aromatic carbocycles. The molecule has 2 aliphatic rings. The number of ether oxygens (including phenoxy) is 2. The van der Waals surface area contributed by atoms with Gasteiger partial charge in [0.15, 0.2) is 11.5 Å². The van der Waals surface area contributed by atoms with E-state index in [9.17, 15) is 0 Å². The van der Waals surface area contributed by atoms with Crippen molar-refractivity contribution in [3.05, 3.63) is 18.2 Å². The van der Waals surface area contributed by atoms with Crippen molar-refractivity contribution < 1.29 is 9.47 Å². The van der Waals surface area contributed by atoms with E-state index in [4.69, 9.17) is 15.2 Å². The van der Waals surface area contributed by atoms with Gasteiger partial charge in [-0.15, -0.1) is 0 Å². The minimum Gasteiger partial charge on any atom is -0.454 e. The third-order valence-electron chi connectivity index (χ3n) is 3.99. The van der Waals surface area contributed by atoms with Crippen molar-refractivity contribution in [3.63, 3.8) is 0 Å². The van der Waals surface area contributed by atoms with Crippen LogP contribution in [0.1, 0.15) is 6.42 Å². The molecule has 0 aliphatic carbocycles. The molecule has 5 nitrogen and oxygen atoms in total. The van der Waals surface area contributed by atoms with Crippen LogP contribution in [-0.2, 0) is 0 Å². The Balaban J connectivity index is 1.67. The number of nitrogens with two attached hydrogens (primary N) is 1. The van der Waals surface area contributed by atoms with Gasteiger partial charge < -0.3 is 25.0 Å². The van der Waals surface area contributed by atoms with Gasteiger partial charge >= 0.3 is 0 Å². The van der Waals surface area contributed by atoms with Crippen LogP contribution in [0, 0.1) is 0 Å². The Bertz CT molecular complexity index is 452. The Labute approximate surface area is 113 Å². The van der Waals surface area contributed by atoms with Crippen molar-refractivity contribution in [3.8, 4) is 11.5 Å². The number of rotatable bonds is 4. The third-order valence-corrected chi connectivity index (χ3v) is 3.99. The second-order valence-electron chi connectivity index (χ2n) is 5.20. The predicted octanol–water partition coefficient (Wildman–Crippen LogP) is 0.884. The van der Waals surface area contributed by atoms with Crippen LogP contribution in [0.4, 0.5) is 5.69 Å². The summed E-state index contributed by atoms with van der Waals surface area (Å²) in [7, 11) is 2.15. The Morgan fingerprint density at radius 3 is 3.05 bits per heavy atom. The number of fused-ring (bicyclic) bond motifs is 1. The molecule has 0 amide bonds. The molecule has 1 aromatic rings. The highest BCUT2D eigenvalue weighted by Gasteiger charge is 2.26. The zero-order valence-corrected chi connectivity index (χ0v) is 11.3. The van der Waals surface area contributed by atoms with Gasteiger partial charge in [-0.3, -0.25) is 0 Å². The number of anilines is 1. The van der Waals surface area contributed by atoms with Gasteiger partial charge in [-0.2, -0.15) is 0 Å². The Hall–Kier alpha value is -1.46. The van der Waals surface area contributed by atoms with Crippen molar-refractivity contribution in [1.82, 2.24) is 4.90 Å². The van der Waals surface area contributed by atoms with Crippen LogP contribution < -0.4 is 20.1 Å². The largest absolute Gasteiger partial charge is 0.454 e. The average molecular weight is 263 g/mol. The van der Waals surface area contributed by atoms with Crippen LogP contribution in [0.25, 0.3) is 0 Å². The number of likely N-dealkylation sites (N-methyl/N-ethyl adjacent to an activating group) is 1. The molecule has 0 spiro atoms. The van der Waals surface area contributed by atoms with Gasteiger partial charge in [-0.1, -0.05) is 0 Å². The number of hydrogen-bond donors (Lipinski definition) is 1. The first-order valence-corrected chi connectivity index (χ1v) is 6.83. The number of benzene rings is 1. The predicted molar refractivity (Wildman–Crippen MR) is 74.9 cm³/mol. The van der Waals surface area contributed by atoms with E-state index in [1.807, 2.05) is 6.07 Å². The highest BCUT2D eigenvalue weighted by Crippen LogP contribution is 2.36. The highest BCUT2D eigenvalue weighted by molar-refractivity contribution is 5.57. The van der Waals surface area contributed by atoms with Crippen molar-refractivity contribution in [2.45, 2.75) is 12.5 Å². The quantitative estimate of drug-likeness (QED) is 0.874. The lowest BCUT2D eigenvalue weighted by atomic mass is 10.2. The molecular weight excluding hydrogens is 242 g/mol. The van der Waals surface area contributed by atoms with Crippen LogP contribution in [0.5, 0.6) is 11.5 Å². The zero-order chi connectivity index (χ0) is 13.2. The molecule has 0 radical (unpaired) electrons. The van der Waals surface area contributed by atoms with E-state index in [0.29, 0.717) is 12.8 Å². The molecular formula is C14H21N3O2. The third kappa shape index (κ3) is 2.48. The summed E-state index contributed by atoms with van der Waals surface area (Å²) in [6.45, 7) is 4.15. The van der Waals surface area contributed by atoms with E-state index in [1.165, 1.54) is 12.1 Å². The average Bonchev–Trinajstić information content (AvgIpc) is 3.07. The van der Waals surface area contributed by atoms with Crippen LogP contribution in [0.15, 0.2) is 18.2 Å². The maximum absolute atomic E-state index is 5.62. The van der Waals surface area contributed by atoms with Gasteiger partial charge in [-0.25, -0.2) is 0 Å². The topological polar surface area (TPSA) is 51.0 Å². The van der Waals surface area contributed by atoms with Gasteiger partial charge in [0, 0.05) is 44.0 Å². The summed E-state index contributed by atoms with van der Waals surface area (Å²) in [5.74, 6) is 1.70. The molecule has 1 unspecified atom stereocenters. The van der Waals surface area contributed by atoms with E-state index in [2.05, 4.69) is 29.0 Å². The summed E-state index contributed by atoms with van der Waals surface area (Å²) in [5.41, 5.74) is 6.83. The maximum Gasteiger partial charge on any atom is 0.231 e. The van der Waals surface area contributed by atoms with Crippen LogP contribution in [0.3, 0.4) is 0 Å². The zero-order valence-electron chi connectivity index (χ0n) is 11.3. The monoisotopic (exact) mass is 263 g/mol. The van der Waals surface area contributed by atoms with E-state index in [0.717, 1.165) is 37.7 Å². The fraction of sp³-hybridized carbons (Fsp3) is 0.571. The van der Waals surface area contributed by atoms with E-state index in [-0.39, 0.29) is 0 Å². The maximum atomic E-state index is 5.62. The summed E-state index contributed by atoms with van der Waals surface area (Å²) in [5, 5.41) is 0. The van der Waals surface area contributed by atoms with E-state index in [1.54, 1.807) is 0 Å². The lowest BCUT2D eigenvalue weighted by Crippen LogP contribution is -2.37. The van der Waals surface area contributed by atoms with Gasteiger partial charge in [0.25, 0.3) is 0 Å². The second-order valence-corrected chi connectivity index (χ2v) is 5.20.